The van der Waals surface area contributed by atoms with Gasteiger partial charge in [-0.05, 0) is 64.1 Å². The van der Waals surface area contributed by atoms with Crippen LogP contribution < -0.4 is 5.32 Å². The maximum Gasteiger partial charge on any atom is 0.200 e. The summed E-state index contributed by atoms with van der Waals surface area (Å²) in [6, 6.07) is 5.66. The van der Waals surface area contributed by atoms with Gasteiger partial charge in [0.1, 0.15) is 0 Å². The van der Waals surface area contributed by atoms with E-state index < -0.39 is 17.2 Å². The van der Waals surface area contributed by atoms with Crippen molar-refractivity contribution >= 4 is 45.9 Å². The van der Waals surface area contributed by atoms with Crippen molar-refractivity contribution in [3.05, 3.63) is 45.0 Å². The van der Waals surface area contributed by atoms with Crippen LogP contribution in [0.1, 0.15) is 11.1 Å². The van der Waals surface area contributed by atoms with Crippen molar-refractivity contribution in [2.45, 2.75) is 6.54 Å². The summed E-state index contributed by atoms with van der Waals surface area (Å²) in [5.74, 6) is -1.77. The van der Waals surface area contributed by atoms with Gasteiger partial charge in [0.25, 0.3) is 0 Å². The van der Waals surface area contributed by atoms with Crippen molar-refractivity contribution in [3.8, 4) is 28.7 Å². The first-order chi connectivity index (χ1) is 11.3. The predicted molar refractivity (Wildman–Crippen MR) is 102 cm³/mol. The van der Waals surface area contributed by atoms with Crippen LogP contribution >= 0.6 is 34.8 Å². The van der Waals surface area contributed by atoms with Crippen LogP contribution in [-0.2, 0) is 6.54 Å². The van der Waals surface area contributed by atoms with Gasteiger partial charge in [-0.25, -0.2) is 0 Å². The Morgan fingerprint density at radius 1 is 1.00 bits per heavy atom. The maximum atomic E-state index is 9.67. The van der Waals surface area contributed by atoms with Crippen molar-refractivity contribution in [1.29, 1.82) is 0 Å². The first-order valence-electron chi connectivity index (χ1n) is 6.69. The van der Waals surface area contributed by atoms with Crippen LogP contribution in [0.4, 0.5) is 0 Å². The molecule has 6 nitrogen and oxygen atoms in total. The second-order valence-electron chi connectivity index (χ2n) is 4.87. The number of nitrogens with one attached hydrogen (secondary N) is 1. The quantitative estimate of drug-likeness (QED) is 0.180. The van der Waals surface area contributed by atoms with Gasteiger partial charge in [0, 0.05) is 6.54 Å². The first-order valence-corrected chi connectivity index (χ1v) is 8.18. The lowest BCUT2D eigenvalue weighted by Crippen LogP contribution is -2.18. The minimum atomic E-state index is -0.567. The Morgan fingerprint density at radius 2 is 1.62 bits per heavy atom. The molecule has 6 N–H and O–H groups in total. The largest absolute Gasteiger partial charge is 0.504 e. The predicted octanol–water partition coefficient (Wildman–Crippen LogP) is 2.95. The van der Waals surface area contributed by atoms with Gasteiger partial charge in [-0.15, -0.1) is 0 Å². The van der Waals surface area contributed by atoms with Crippen LogP contribution in [0.5, 0.6) is 28.7 Å². The molecule has 0 aliphatic carbocycles. The van der Waals surface area contributed by atoms with E-state index in [9.17, 15) is 25.5 Å². The maximum absolute atomic E-state index is 9.67. The zero-order chi connectivity index (χ0) is 17.9. The van der Waals surface area contributed by atoms with Gasteiger partial charge in [0.2, 0.25) is 0 Å². The van der Waals surface area contributed by atoms with Crippen LogP contribution in [0.25, 0.3) is 6.08 Å². The molecular weight excluding hydrogens is 445 g/mol. The molecular formula is C16H14INO5S. The Hall–Kier alpha value is -2.20. The van der Waals surface area contributed by atoms with Gasteiger partial charge in [-0.2, -0.15) is 0 Å². The minimum absolute atomic E-state index is 0.188. The molecule has 0 atom stereocenters. The van der Waals surface area contributed by atoms with Gasteiger partial charge in [0.15, 0.2) is 28.7 Å². The summed E-state index contributed by atoms with van der Waals surface area (Å²) in [5, 5.41) is 50.2. The standard InChI is InChI=1S/C16H14INO5S/c17-14-9(1-3-10(19)16(14)23)2-4-13(24)18-7-8-5-11(20)15(22)12(21)6-8/h1-6,19-23H,7H2,(H,18,24)/b4-2+. The van der Waals surface area contributed by atoms with E-state index in [-0.39, 0.29) is 18.0 Å². The summed E-state index contributed by atoms with van der Waals surface area (Å²) in [5.41, 5.74) is 1.23. The molecule has 0 saturated carbocycles. The summed E-state index contributed by atoms with van der Waals surface area (Å²) < 4.78 is 0.500. The average molecular weight is 459 g/mol. The van der Waals surface area contributed by atoms with E-state index in [1.54, 1.807) is 18.2 Å². The van der Waals surface area contributed by atoms with Crippen LogP contribution in [0, 0.1) is 3.57 Å². The lowest BCUT2D eigenvalue weighted by atomic mass is 10.1. The fourth-order valence-corrected chi connectivity index (χ4v) is 2.65. The van der Waals surface area contributed by atoms with Crippen molar-refractivity contribution in [2.24, 2.45) is 0 Å². The highest BCUT2D eigenvalue weighted by molar-refractivity contribution is 14.1. The SMILES string of the molecule is Oc1cc(CNC(=S)/C=C/c2ccc(O)c(O)c2I)cc(O)c1O. The van der Waals surface area contributed by atoms with Crippen LogP contribution in [0.3, 0.4) is 0 Å². The third-order valence-electron chi connectivity index (χ3n) is 3.14. The Morgan fingerprint density at radius 3 is 2.25 bits per heavy atom. The Kier molecular flexibility index (Phi) is 5.73. The summed E-state index contributed by atoms with van der Waals surface area (Å²) in [6.45, 7) is 0.239. The molecule has 0 fully saturated rings. The first kappa shape index (κ1) is 18.1. The highest BCUT2D eigenvalue weighted by Crippen LogP contribution is 2.35. The summed E-state index contributed by atoms with van der Waals surface area (Å²) >= 11 is 7.07. The molecule has 0 heterocycles. The van der Waals surface area contributed by atoms with Gasteiger partial charge in [-0.1, -0.05) is 18.3 Å². The summed E-state index contributed by atoms with van der Waals surface area (Å²) in [7, 11) is 0. The monoisotopic (exact) mass is 459 g/mol. The van der Waals surface area contributed by atoms with Gasteiger partial charge in [0.05, 0.1) is 8.56 Å². The molecule has 2 aromatic carbocycles. The third kappa shape index (κ3) is 4.20. The normalized spacial score (nSPS) is 10.9. The van der Waals surface area contributed by atoms with E-state index in [0.717, 1.165) is 0 Å². The van der Waals surface area contributed by atoms with Crippen molar-refractivity contribution < 1.29 is 25.5 Å². The second kappa shape index (κ2) is 7.58. The highest BCUT2D eigenvalue weighted by Gasteiger charge is 2.09. The topological polar surface area (TPSA) is 113 Å². The van der Waals surface area contributed by atoms with E-state index >= 15 is 0 Å². The van der Waals surface area contributed by atoms with Crippen molar-refractivity contribution in [3.63, 3.8) is 0 Å². The van der Waals surface area contributed by atoms with Crippen molar-refractivity contribution in [1.82, 2.24) is 5.32 Å². The van der Waals surface area contributed by atoms with E-state index in [1.807, 2.05) is 22.6 Å². The molecule has 126 valence electrons. The number of thiocarbonyl (C=S) groups is 1. The Labute approximate surface area is 156 Å². The van der Waals surface area contributed by atoms with E-state index in [0.29, 0.717) is 19.7 Å². The fourth-order valence-electron chi connectivity index (χ4n) is 1.88. The number of hydrogen-bond acceptors (Lipinski definition) is 6. The molecule has 0 spiro atoms. The zero-order valence-electron chi connectivity index (χ0n) is 12.2. The fraction of sp³-hybridized carbons (Fsp3) is 0.0625. The van der Waals surface area contributed by atoms with Crippen molar-refractivity contribution in [2.75, 3.05) is 0 Å². The smallest absolute Gasteiger partial charge is 0.200 e. The van der Waals surface area contributed by atoms with Crippen LogP contribution in [0.15, 0.2) is 30.3 Å². The average Bonchev–Trinajstić information content (AvgIpc) is 2.55. The molecule has 0 aliphatic heterocycles. The number of aromatic hydroxyl groups is 5. The third-order valence-corrected chi connectivity index (χ3v) is 4.55. The lowest BCUT2D eigenvalue weighted by Gasteiger charge is -2.08. The molecule has 2 aromatic rings. The van der Waals surface area contributed by atoms with Gasteiger partial charge >= 0.3 is 0 Å². The van der Waals surface area contributed by atoms with E-state index in [4.69, 9.17) is 12.2 Å². The Balaban J connectivity index is 2.03. The minimum Gasteiger partial charge on any atom is -0.504 e. The second-order valence-corrected chi connectivity index (χ2v) is 6.39. The van der Waals surface area contributed by atoms with Gasteiger partial charge < -0.3 is 30.8 Å². The number of hydrogen-bond donors (Lipinski definition) is 6. The summed E-state index contributed by atoms with van der Waals surface area (Å²) in [4.78, 5) is 0.394. The molecule has 8 heteroatoms. The summed E-state index contributed by atoms with van der Waals surface area (Å²) in [6.07, 6.45) is 3.30. The molecule has 0 radical (unpaired) electrons. The zero-order valence-corrected chi connectivity index (χ0v) is 15.2. The molecule has 0 amide bonds. The van der Waals surface area contributed by atoms with E-state index in [1.165, 1.54) is 18.2 Å². The molecule has 0 aromatic heterocycles. The molecule has 0 aliphatic rings. The molecule has 2 rings (SSSR count). The number of benzene rings is 2. The molecule has 0 bridgehead atoms. The van der Waals surface area contributed by atoms with Gasteiger partial charge in [-0.3, -0.25) is 0 Å². The Bertz CT molecular complexity index is 799. The van der Waals surface area contributed by atoms with Crippen LogP contribution in [-0.4, -0.2) is 30.5 Å². The van der Waals surface area contributed by atoms with E-state index in [2.05, 4.69) is 5.32 Å². The number of rotatable bonds is 4. The lowest BCUT2D eigenvalue weighted by molar-refractivity contribution is 0.367. The number of halogens is 1. The van der Waals surface area contributed by atoms with Crippen LogP contribution in [0.2, 0.25) is 0 Å². The number of phenols is 5. The molecule has 0 saturated heterocycles. The highest BCUT2D eigenvalue weighted by atomic mass is 127. The molecule has 0 unspecified atom stereocenters. The number of phenolic OH excluding ortho intramolecular Hbond substituents is 5. The molecule has 24 heavy (non-hydrogen) atoms.